The number of nitrogens with zero attached hydrogens (tertiary/aromatic N) is 2. The SMILES string of the molecule is CC[C@H](C)NC(=O)[C@@H](Cc1ccccc1)N(Cc1cccc(Cl)c1)C(=O)CN(c1ccc(Cl)c(C(F)(F)F)c1)S(=O)(=O)c1ccccc1. The Morgan fingerprint density at radius 2 is 1.48 bits per heavy atom. The molecule has 254 valence electrons. The van der Waals surface area contributed by atoms with Gasteiger partial charge in [0.15, 0.2) is 0 Å². The Hall–Kier alpha value is -4.06. The summed E-state index contributed by atoms with van der Waals surface area (Å²) in [7, 11) is -4.61. The van der Waals surface area contributed by atoms with E-state index in [2.05, 4.69) is 5.32 Å². The highest BCUT2D eigenvalue weighted by molar-refractivity contribution is 7.92. The number of carbonyl (C=O) groups excluding carboxylic acids is 2. The summed E-state index contributed by atoms with van der Waals surface area (Å²) >= 11 is 12.1. The number of rotatable bonds is 13. The topological polar surface area (TPSA) is 86.8 Å². The van der Waals surface area contributed by atoms with Crippen LogP contribution in [0.4, 0.5) is 18.9 Å². The molecule has 48 heavy (non-hydrogen) atoms. The third kappa shape index (κ3) is 9.30. The number of hydrogen-bond acceptors (Lipinski definition) is 4. The van der Waals surface area contributed by atoms with Gasteiger partial charge in [-0.15, -0.1) is 0 Å². The van der Waals surface area contributed by atoms with Crippen LogP contribution in [-0.4, -0.2) is 43.8 Å². The molecule has 7 nitrogen and oxygen atoms in total. The number of carbonyl (C=O) groups is 2. The summed E-state index contributed by atoms with van der Waals surface area (Å²) in [5, 5.41) is 2.66. The molecule has 4 aromatic carbocycles. The molecule has 0 aromatic heterocycles. The highest BCUT2D eigenvalue weighted by Crippen LogP contribution is 2.38. The van der Waals surface area contributed by atoms with Crippen molar-refractivity contribution in [1.29, 1.82) is 0 Å². The number of nitrogens with one attached hydrogen (secondary N) is 1. The van der Waals surface area contributed by atoms with Gasteiger partial charge in [0.05, 0.1) is 21.2 Å². The van der Waals surface area contributed by atoms with Crippen molar-refractivity contribution in [1.82, 2.24) is 10.2 Å². The molecule has 2 atom stereocenters. The maximum absolute atomic E-state index is 14.5. The molecule has 0 heterocycles. The third-order valence-electron chi connectivity index (χ3n) is 7.67. The molecule has 2 amide bonds. The van der Waals surface area contributed by atoms with Crippen LogP contribution < -0.4 is 9.62 Å². The minimum absolute atomic E-state index is 0.0695. The predicted octanol–water partition coefficient (Wildman–Crippen LogP) is 7.76. The molecule has 4 rings (SSSR count). The van der Waals surface area contributed by atoms with Gasteiger partial charge in [-0.25, -0.2) is 8.42 Å². The van der Waals surface area contributed by atoms with E-state index in [0.717, 1.165) is 17.7 Å². The number of anilines is 1. The fourth-order valence-corrected chi connectivity index (χ4v) is 6.83. The molecule has 0 fully saturated rings. The summed E-state index contributed by atoms with van der Waals surface area (Å²) in [6.07, 6.45) is -4.24. The maximum atomic E-state index is 14.5. The average molecular weight is 721 g/mol. The van der Waals surface area contributed by atoms with E-state index in [4.69, 9.17) is 23.2 Å². The largest absolute Gasteiger partial charge is 0.417 e. The van der Waals surface area contributed by atoms with Gasteiger partial charge in [-0.3, -0.25) is 13.9 Å². The number of hydrogen-bond donors (Lipinski definition) is 1. The van der Waals surface area contributed by atoms with Gasteiger partial charge in [0, 0.05) is 24.0 Å². The first-order valence-electron chi connectivity index (χ1n) is 15.0. The molecular weight excluding hydrogens is 686 g/mol. The molecular formula is C35H34Cl2F3N3O4S. The number of amides is 2. The minimum atomic E-state index is -4.91. The Bertz CT molecular complexity index is 1830. The van der Waals surface area contributed by atoms with Crippen LogP contribution >= 0.6 is 23.2 Å². The zero-order valence-electron chi connectivity index (χ0n) is 26.1. The monoisotopic (exact) mass is 719 g/mol. The van der Waals surface area contributed by atoms with Crippen molar-refractivity contribution in [2.45, 2.75) is 56.4 Å². The second kappa shape index (κ2) is 15.9. The van der Waals surface area contributed by atoms with Gasteiger partial charge < -0.3 is 10.2 Å². The van der Waals surface area contributed by atoms with Crippen molar-refractivity contribution in [3.8, 4) is 0 Å². The Labute approximate surface area is 288 Å². The van der Waals surface area contributed by atoms with E-state index in [1.54, 1.807) is 60.7 Å². The molecule has 0 aliphatic carbocycles. The van der Waals surface area contributed by atoms with Crippen molar-refractivity contribution in [2.75, 3.05) is 10.8 Å². The lowest BCUT2D eigenvalue weighted by Gasteiger charge is -2.34. The lowest BCUT2D eigenvalue weighted by molar-refractivity contribution is -0.140. The molecule has 0 bridgehead atoms. The van der Waals surface area contributed by atoms with E-state index in [1.807, 2.05) is 13.8 Å². The number of halogens is 5. The molecule has 4 aromatic rings. The predicted molar refractivity (Wildman–Crippen MR) is 181 cm³/mol. The zero-order chi connectivity index (χ0) is 35.1. The fraction of sp³-hybridized carbons (Fsp3) is 0.257. The smallest absolute Gasteiger partial charge is 0.352 e. The number of alkyl halides is 3. The third-order valence-corrected chi connectivity index (χ3v) is 10.0. The Balaban J connectivity index is 1.86. The van der Waals surface area contributed by atoms with Gasteiger partial charge in [0.2, 0.25) is 11.8 Å². The van der Waals surface area contributed by atoms with Gasteiger partial charge in [-0.1, -0.05) is 90.8 Å². The normalized spacial score (nSPS) is 13.0. The summed E-state index contributed by atoms with van der Waals surface area (Å²) in [5.41, 5.74) is -0.427. The first kappa shape index (κ1) is 36.8. The summed E-state index contributed by atoms with van der Waals surface area (Å²) in [5.74, 6) is -1.31. The van der Waals surface area contributed by atoms with Crippen LogP contribution in [0.15, 0.2) is 108 Å². The first-order chi connectivity index (χ1) is 22.7. The number of sulfonamides is 1. The van der Waals surface area contributed by atoms with Crippen molar-refractivity contribution in [3.05, 3.63) is 130 Å². The van der Waals surface area contributed by atoms with E-state index in [1.165, 1.54) is 29.2 Å². The van der Waals surface area contributed by atoms with E-state index in [0.29, 0.717) is 27.4 Å². The van der Waals surface area contributed by atoms with Crippen LogP contribution in [-0.2, 0) is 38.8 Å². The maximum Gasteiger partial charge on any atom is 0.417 e. The van der Waals surface area contributed by atoms with Crippen LogP contribution in [0.1, 0.15) is 37.0 Å². The van der Waals surface area contributed by atoms with E-state index in [9.17, 15) is 31.2 Å². The van der Waals surface area contributed by atoms with Crippen molar-refractivity contribution >= 4 is 50.7 Å². The molecule has 0 saturated heterocycles. The molecule has 1 N–H and O–H groups in total. The van der Waals surface area contributed by atoms with Crippen molar-refractivity contribution < 1.29 is 31.2 Å². The zero-order valence-corrected chi connectivity index (χ0v) is 28.5. The molecule has 0 saturated carbocycles. The summed E-state index contributed by atoms with van der Waals surface area (Å²) in [4.78, 5) is 29.4. The molecule has 0 aliphatic rings. The Kier molecular flexibility index (Phi) is 12.2. The second-order valence-corrected chi connectivity index (χ2v) is 13.9. The van der Waals surface area contributed by atoms with Crippen molar-refractivity contribution in [2.24, 2.45) is 0 Å². The fourth-order valence-electron chi connectivity index (χ4n) is 4.96. The van der Waals surface area contributed by atoms with Crippen LogP contribution in [0.3, 0.4) is 0 Å². The molecule has 0 aliphatic heterocycles. The van der Waals surface area contributed by atoms with Crippen LogP contribution in [0.5, 0.6) is 0 Å². The van der Waals surface area contributed by atoms with E-state index in [-0.39, 0.29) is 23.9 Å². The second-order valence-electron chi connectivity index (χ2n) is 11.2. The van der Waals surface area contributed by atoms with Gasteiger partial charge in [-0.2, -0.15) is 13.2 Å². The summed E-state index contributed by atoms with van der Waals surface area (Å²) in [6, 6.07) is 23.9. The van der Waals surface area contributed by atoms with Crippen LogP contribution in [0.25, 0.3) is 0 Å². The molecule has 13 heteroatoms. The molecule has 0 radical (unpaired) electrons. The van der Waals surface area contributed by atoms with E-state index >= 15 is 0 Å². The number of benzene rings is 4. The molecule has 0 unspecified atom stereocenters. The summed E-state index contributed by atoms with van der Waals surface area (Å²) in [6.45, 7) is 2.62. The Morgan fingerprint density at radius 1 is 0.854 bits per heavy atom. The van der Waals surface area contributed by atoms with Gasteiger partial charge in [0.1, 0.15) is 12.6 Å². The molecule has 0 spiro atoms. The van der Waals surface area contributed by atoms with Crippen LogP contribution in [0.2, 0.25) is 10.0 Å². The van der Waals surface area contributed by atoms with Gasteiger partial charge in [0.25, 0.3) is 10.0 Å². The van der Waals surface area contributed by atoms with Gasteiger partial charge >= 0.3 is 6.18 Å². The minimum Gasteiger partial charge on any atom is -0.352 e. The summed E-state index contributed by atoms with van der Waals surface area (Å²) < 4.78 is 70.5. The lowest BCUT2D eigenvalue weighted by Crippen LogP contribution is -2.54. The lowest BCUT2D eigenvalue weighted by atomic mass is 10.0. The Morgan fingerprint density at radius 3 is 2.08 bits per heavy atom. The van der Waals surface area contributed by atoms with E-state index < -0.39 is 56.9 Å². The first-order valence-corrected chi connectivity index (χ1v) is 17.2. The standard InChI is InChI=1S/C35H34Cl2F3N3O4S/c1-3-24(2)41-34(45)32(20-25-11-6-4-7-12-25)42(22-26-13-10-14-27(36)19-26)33(44)23-43(48(46,47)29-15-8-5-9-16-29)28-17-18-31(37)30(21-28)35(38,39)40/h4-19,21,24,32H,3,20,22-23H2,1-2H3,(H,41,45)/t24-,32+/m0/s1. The highest BCUT2D eigenvalue weighted by Gasteiger charge is 2.37. The average Bonchev–Trinajstić information content (AvgIpc) is 3.05. The quantitative estimate of drug-likeness (QED) is 0.153. The van der Waals surface area contributed by atoms with Gasteiger partial charge in [-0.05, 0) is 66.9 Å². The highest BCUT2D eigenvalue weighted by atomic mass is 35.5. The van der Waals surface area contributed by atoms with Crippen molar-refractivity contribution in [3.63, 3.8) is 0 Å². The van der Waals surface area contributed by atoms with Crippen LogP contribution in [0, 0.1) is 0 Å².